The van der Waals surface area contributed by atoms with E-state index < -0.39 is 0 Å². The van der Waals surface area contributed by atoms with Crippen LogP contribution in [0.5, 0.6) is 0 Å². The van der Waals surface area contributed by atoms with E-state index >= 15 is 0 Å². The second-order valence-corrected chi connectivity index (χ2v) is 4.62. The fraction of sp³-hybridized carbons (Fsp3) is 0.214. The predicted molar refractivity (Wildman–Crippen MR) is 74.4 cm³/mol. The van der Waals surface area contributed by atoms with E-state index in [-0.39, 0.29) is 0 Å². The summed E-state index contributed by atoms with van der Waals surface area (Å²) in [5, 5.41) is 0. The molecular weight excluding hydrogens is 238 g/mol. The van der Waals surface area contributed by atoms with Gasteiger partial charge < -0.3 is 4.90 Å². The highest BCUT2D eigenvalue weighted by Gasteiger charge is 2.11. The van der Waals surface area contributed by atoms with Crippen molar-refractivity contribution >= 4 is 11.6 Å². The Morgan fingerprint density at radius 1 is 1.05 bits per heavy atom. The van der Waals surface area contributed by atoms with Crippen LogP contribution in [0.15, 0.2) is 43.0 Å². The summed E-state index contributed by atoms with van der Waals surface area (Å²) in [5.41, 5.74) is 3.06. The minimum Gasteiger partial charge on any atom is -0.348 e. The number of fused-ring (bicyclic) bond motifs is 1. The Morgan fingerprint density at radius 3 is 2.58 bits per heavy atom. The van der Waals surface area contributed by atoms with Crippen LogP contribution in [0, 0.1) is 0 Å². The Labute approximate surface area is 111 Å². The monoisotopic (exact) mass is 253 g/mol. The average Bonchev–Trinajstić information content (AvgIpc) is 2.83. The number of rotatable bonds is 3. The Balaban J connectivity index is 2.04. The van der Waals surface area contributed by atoms with E-state index in [0.29, 0.717) is 0 Å². The molecule has 96 valence electrons. The van der Waals surface area contributed by atoms with E-state index in [1.165, 1.54) is 5.56 Å². The first-order chi connectivity index (χ1) is 9.25. The Hall–Kier alpha value is -2.43. The molecule has 0 fully saturated rings. The lowest BCUT2D eigenvalue weighted by atomic mass is 10.1. The summed E-state index contributed by atoms with van der Waals surface area (Å²) in [6.45, 7) is 0. The molecule has 0 aliphatic rings. The molecule has 0 amide bonds. The van der Waals surface area contributed by atoms with Crippen LogP contribution >= 0.6 is 0 Å². The molecule has 0 saturated heterocycles. The van der Waals surface area contributed by atoms with Crippen molar-refractivity contribution in [2.24, 2.45) is 0 Å². The van der Waals surface area contributed by atoms with Gasteiger partial charge in [0, 0.05) is 20.5 Å². The zero-order valence-electron chi connectivity index (χ0n) is 11.0. The number of aromatic nitrogens is 4. The first-order valence-corrected chi connectivity index (χ1v) is 6.14. The maximum atomic E-state index is 4.47. The molecule has 0 unspecified atom stereocenters. The highest BCUT2D eigenvalue weighted by Crippen LogP contribution is 2.16. The summed E-state index contributed by atoms with van der Waals surface area (Å²) in [6, 6.07) is 10.3. The zero-order valence-corrected chi connectivity index (χ0v) is 11.0. The van der Waals surface area contributed by atoms with E-state index in [4.69, 9.17) is 0 Å². The largest absolute Gasteiger partial charge is 0.348 e. The number of hydrogen-bond acceptors (Lipinski definition) is 4. The Morgan fingerprint density at radius 2 is 1.84 bits per heavy atom. The van der Waals surface area contributed by atoms with Crippen LogP contribution in [0.4, 0.5) is 5.95 Å². The molecule has 3 rings (SSSR count). The number of anilines is 1. The second kappa shape index (κ2) is 4.68. The number of hydrogen-bond donors (Lipinski definition) is 0. The third kappa shape index (κ3) is 2.14. The molecule has 5 nitrogen and oxygen atoms in total. The number of imidazole rings is 1. The summed E-state index contributed by atoms with van der Waals surface area (Å²) < 4.78 is 1.91. The van der Waals surface area contributed by atoms with Gasteiger partial charge in [-0.05, 0) is 5.56 Å². The second-order valence-electron chi connectivity index (χ2n) is 4.62. The quantitative estimate of drug-likeness (QED) is 0.714. The van der Waals surface area contributed by atoms with E-state index in [2.05, 4.69) is 27.1 Å². The van der Waals surface area contributed by atoms with Gasteiger partial charge in [0.1, 0.15) is 12.7 Å². The first kappa shape index (κ1) is 11.6. The Bertz CT molecular complexity index is 687. The van der Waals surface area contributed by atoms with E-state index in [0.717, 1.165) is 23.7 Å². The van der Waals surface area contributed by atoms with Crippen LogP contribution in [0.2, 0.25) is 0 Å². The van der Waals surface area contributed by atoms with Crippen molar-refractivity contribution in [2.75, 3.05) is 19.0 Å². The SMILES string of the molecule is CN(C)c1ncnc2c(Cc3ccccc3)ncn12. The topological polar surface area (TPSA) is 46.3 Å². The van der Waals surface area contributed by atoms with E-state index in [1.54, 1.807) is 12.7 Å². The minimum absolute atomic E-state index is 0.779. The molecule has 0 atom stereocenters. The first-order valence-electron chi connectivity index (χ1n) is 6.14. The van der Waals surface area contributed by atoms with Crippen molar-refractivity contribution in [2.45, 2.75) is 6.42 Å². The fourth-order valence-electron chi connectivity index (χ4n) is 2.10. The fourth-order valence-corrected chi connectivity index (χ4v) is 2.10. The molecule has 0 saturated carbocycles. The van der Waals surface area contributed by atoms with Crippen molar-refractivity contribution in [3.05, 3.63) is 54.2 Å². The van der Waals surface area contributed by atoms with Crippen molar-refractivity contribution < 1.29 is 0 Å². The summed E-state index contributed by atoms with van der Waals surface area (Å²) >= 11 is 0. The van der Waals surface area contributed by atoms with Crippen LogP contribution in [0.3, 0.4) is 0 Å². The summed E-state index contributed by atoms with van der Waals surface area (Å²) in [7, 11) is 3.91. The lowest BCUT2D eigenvalue weighted by Crippen LogP contribution is -2.15. The molecule has 2 aromatic heterocycles. The summed E-state index contributed by atoms with van der Waals surface area (Å²) in [6.07, 6.45) is 4.14. The third-order valence-corrected chi connectivity index (χ3v) is 3.00. The molecule has 1 aromatic carbocycles. The maximum Gasteiger partial charge on any atom is 0.213 e. The maximum absolute atomic E-state index is 4.47. The van der Waals surface area contributed by atoms with Crippen molar-refractivity contribution in [1.82, 2.24) is 19.4 Å². The van der Waals surface area contributed by atoms with Crippen molar-refractivity contribution in [1.29, 1.82) is 0 Å². The van der Waals surface area contributed by atoms with E-state index in [9.17, 15) is 0 Å². The van der Waals surface area contributed by atoms with Crippen LogP contribution in [-0.2, 0) is 6.42 Å². The highest BCUT2D eigenvalue weighted by molar-refractivity contribution is 5.50. The normalized spacial score (nSPS) is 10.8. The van der Waals surface area contributed by atoms with Gasteiger partial charge in [-0.25, -0.2) is 15.0 Å². The molecule has 0 aliphatic carbocycles. The van der Waals surface area contributed by atoms with Gasteiger partial charge >= 0.3 is 0 Å². The van der Waals surface area contributed by atoms with Gasteiger partial charge in [-0.1, -0.05) is 30.3 Å². The lowest BCUT2D eigenvalue weighted by molar-refractivity contribution is 0.929. The number of nitrogens with zero attached hydrogens (tertiary/aromatic N) is 5. The third-order valence-electron chi connectivity index (χ3n) is 3.00. The van der Waals surface area contributed by atoms with Gasteiger partial charge in [-0.2, -0.15) is 0 Å². The average molecular weight is 253 g/mol. The van der Waals surface area contributed by atoms with Gasteiger partial charge in [0.15, 0.2) is 5.65 Å². The van der Waals surface area contributed by atoms with Crippen LogP contribution in [0.25, 0.3) is 5.65 Å². The molecule has 3 aromatic rings. The minimum atomic E-state index is 0.779. The van der Waals surface area contributed by atoms with Crippen LogP contribution < -0.4 is 4.90 Å². The summed E-state index contributed by atoms with van der Waals surface area (Å²) in [4.78, 5) is 15.0. The van der Waals surface area contributed by atoms with Gasteiger partial charge in [0.05, 0.1) is 5.69 Å². The molecule has 0 bridgehead atoms. The highest BCUT2D eigenvalue weighted by atomic mass is 15.3. The van der Waals surface area contributed by atoms with Gasteiger partial charge in [0.2, 0.25) is 5.95 Å². The lowest BCUT2D eigenvalue weighted by Gasteiger charge is -2.11. The molecular formula is C14H15N5. The number of benzene rings is 1. The molecule has 2 heterocycles. The van der Waals surface area contributed by atoms with Crippen molar-refractivity contribution in [3.63, 3.8) is 0 Å². The molecule has 0 N–H and O–H groups in total. The molecule has 5 heteroatoms. The molecule has 0 aliphatic heterocycles. The van der Waals surface area contributed by atoms with Gasteiger partial charge in [-0.15, -0.1) is 0 Å². The summed E-state index contributed by atoms with van der Waals surface area (Å²) in [5.74, 6) is 0.830. The standard InChI is InChI=1S/C14H15N5/c1-18(2)14-16-9-15-13-12(17-10-19(13)14)8-11-6-4-3-5-7-11/h3-7,9-10H,8H2,1-2H3. The van der Waals surface area contributed by atoms with E-state index in [1.807, 2.05) is 41.6 Å². The molecule has 19 heavy (non-hydrogen) atoms. The van der Waals surface area contributed by atoms with Crippen molar-refractivity contribution in [3.8, 4) is 0 Å². The Kier molecular flexibility index (Phi) is 2.87. The predicted octanol–water partition coefficient (Wildman–Crippen LogP) is 1.78. The smallest absolute Gasteiger partial charge is 0.213 e. The molecule has 0 radical (unpaired) electrons. The zero-order chi connectivity index (χ0) is 13.2. The van der Waals surface area contributed by atoms with Gasteiger partial charge in [0.25, 0.3) is 0 Å². The van der Waals surface area contributed by atoms with Gasteiger partial charge in [-0.3, -0.25) is 4.40 Å². The van der Waals surface area contributed by atoms with Crippen LogP contribution in [-0.4, -0.2) is 33.4 Å². The molecule has 0 spiro atoms. The van der Waals surface area contributed by atoms with Crippen LogP contribution in [0.1, 0.15) is 11.3 Å².